The summed E-state index contributed by atoms with van der Waals surface area (Å²) in [7, 11) is 1.35. The molecule has 164 valence electrons. The van der Waals surface area contributed by atoms with Gasteiger partial charge in [0.15, 0.2) is 0 Å². The summed E-state index contributed by atoms with van der Waals surface area (Å²) < 4.78 is 19.3. The lowest BCUT2D eigenvalue weighted by Crippen LogP contribution is -2.47. The fraction of sp³-hybridized carbons (Fsp3) is 0.440. The third-order valence-electron chi connectivity index (χ3n) is 7.80. The molecule has 2 saturated carbocycles. The highest BCUT2D eigenvalue weighted by Crippen LogP contribution is 2.55. The van der Waals surface area contributed by atoms with E-state index in [2.05, 4.69) is 28.4 Å². The van der Waals surface area contributed by atoms with E-state index in [-0.39, 0.29) is 18.3 Å². The number of ether oxygens (including phenoxy) is 1. The van der Waals surface area contributed by atoms with Gasteiger partial charge in [-0.2, -0.15) is 10.2 Å². The first-order valence-corrected chi connectivity index (χ1v) is 11.7. The lowest BCUT2D eigenvalue weighted by molar-refractivity contribution is -0.0400. The van der Waals surface area contributed by atoms with Crippen LogP contribution >= 0.6 is 0 Å². The molecule has 6 rings (SSSR count). The van der Waals surface area contributed by atoms with Crippen molar-refractivity contribution >= 4 is 29.2 Å². The van der Waals surface area contributed by atoms with Gasteiger partial charge < -0.3 is 19.8 Å². The Labute approximate surface area is 188 Å². The average molecular weight is 429 g/mol. The lowest BCUT2D eigenvalue weighted by Gasteiger charge is -2.39. The van der Waals surface area contributed by atoms with Crippen LogP contribution in [0.5, 0.6) is 5.75 Å². The van der Waals surface area contributed by atoms with Crippen molar-refractivity contribution in [2.75, 3.05) is 12.8 Å². The van der Waals surface area contributed by atoms with Crippen LogP contribution in [-0.4, -0.2) is 35.6 Å². The molecule has 3 aromatic rings. The van der Waals surface area contributed by atoms with Crippen molar-refractivity contribution in [1.82, 2.24) is 10.2 Å². The normalized spacial score (nSPS) is 21.2. The zero-order valence-electron chi connectivity index (χ0n) is 18.5. The summed E-state index contributed by atoms with van der Waals surface area (Å²) in [6.07, 6.45) is 10.9. The predicted molar refractivity (Wildman–Crippen MR) is 126 cm³/mol. The van der Waals surface area contributed by atoms with Gasteiger partial charge in [0, 0.05) is 10.9 Å². The first-order chi connectivity index (χ1) is 15.6. The van der Waals surface area contributed by atoms with E-state index in [0.29, 0.717) is 5.69 Å². The second-order valence-corrected chi connectivity index (χ2v) is 9.46. The highest BCUT2D eigenvalue weighted by molar-refractivity contribution is 6.62. The van der Waals surface area contributed by atoms with Crippen LogP contribution in [0.4, 0.5) is 5.69 Å². The number of nitrogens with two attached hydrogens (primary N) is 1. The van der Waals surface area contributed by atoms with E-state index in [1.807, 2.05) is 18.2 Å². The number of hydrogen-bond acceptors (Lipinski definition) is 6. The monoisotopic (exact) mass is 429 g/mol. The second kappa shape index (κ2) is 7.46. The fourth-order valence-electron chi connectivity index (χ4n) is 6.17. The van der Waals surface area contributed by atoms with Crippen molar-refractivity contribution in [3.8, 4) is 16.9 Å². The molecule has 1 aromatic heterocycles. The molecule has 1 aliphatic heterocycles. The minimum atomic E-state index is -0.341. The topological polar surface area (TPSA) is 79.5 Å². The molecular weight excluding hydrogens is 401 g/mol. The third-order valence-corrected chi connectivity index (χ3v) is 7.80. The van der Waals surface area contributed by atoms with E-state index < -0.39 is 0 Å². The van der Waals surface area contributed by atoms with Gasteiger partial charge in [-0.3, -0.25) is 0 Å². The molecule has 2 N–H and O–H groups in total. The number of nitrogens with zero attached hydrogens (tertiary/aromatic N) is 2. The van der Waals surface area contributed by atoms with Crippen LogP contribution in [0.25, 0.3) is 22.0 Å². The van der Waals surface area contributed by atoms with E-state index in [4.69, 9.17) is 19.8 Å². The molecule has 0 unspecified atom stereocenters. The molecule has 2 spiro atoms. The Bertz CT molecular complexity index is 1150. The number of methoxy groups -OCH3 is 1. The summed E-state index contributed by atoms with van der Waals surface area (Å²) in [6.45, 7) is 0. The van der Waals surface area contributed by atoms with Gasteiger partial charge in [0.1, 0.15) is 5.75 Å². The maximum atomic E-state index is 6.78. The zero-order chi connectivity index (χ0) is 21.8. The van der Waals surface area contributed by atoms with Crippen LogP contribution in [0, 0.1) is 0 Å². The Morgan fingerprint density at radius 3 is 2.28 bits per heavy atom. The van der Waals surface area contributed by atoms with Crippen LogP contribution in [0.1, 0.15) is 51.4 Å². The Hall–Kier alpha value is -2.64. The van der Waals surface area contributed by atoms with Crippen molar-refractivity contribution in [1.29, 1.82) is 0 Å². The SMILES string of the molecule is COc1ccc(B2OC3(CCCC3)C3(CCCC3)O2)cc1-c1ccc2c(N)cnnc2c1. The maximum absolute atomic E-state index is 6.78. The maximum Gasteiger partial charge on any atom is 0.494 e. The first kappa shape index (κ1) is 20.0. The molecule has 0 atom stereocenters. The minimum Gasteiger partial charge on any atom is -0.496 e. The Balaban J connectivity index is 1.40. The number of fused-ring (bicyclic) bond motifs is 2. The standard InChI is InChI=1S/C25H28BN3O3/c1-30-23-9-7-18(15-20(23)17-6-8-19-21(27)16-28-29-22(19)14-17)26-31-24(10-2-3-11-24)25(32-26)12-4-5-13-25/h6-9,14-16H,2-5,10-13H2,1H3,(H2,27,29). The summed E-state index contributed by atoms with van der Waals surface area (Å²) in [5, 5.41) is 9.16. The summed E-state index contributed by atoms with van der Waals surface area (Å²) in [5.41, 5.74) is 10.2. The Morgan fingerprint density at radius 2 is 1.62 bits per heavy atom. The number of aromatic nitrogens is 2. The molecule has 7 heteroatoms. The molecule has 0 amide bonds. The number of anilines is 1. The van der Waals surface area contributed by atoms with Gasteiger partial charge in [0.25, 0.3) is 0 Å². The van der Waals surface area contributed by atoms with E-state index in [9.17, 15) is 0 Å². The van der Waals surface area contributed by atoms with Crippen LogP contribution in [0.15, 0.2) is 42.6 Å². The zero-order valence-corrected chi connectivity index (χ0v) is 18.5. The first-order valence-electron chi connectivity index (χ1n) is 11.7. The molecule has 2 aliphatic carbocycles. The van der Waals surface area contributed by atoms with Gasteiger partial charge in [-0.15, -0.1) is 0 Å². The summed E-state index contributed by atoms with van der Waals surface area (Å²) in [5.74, 6) is 0.800. The Kier molecular flexibility index (Phi) is 4.66. The van der Waals surface area contributed by atoms with Crippen LogP contribution in [-0.2, 0) is 9.31 Å². The molecule has 0 bridgehead atoms. The molecule has 1 saturated heterocycles. The third kappa shape index (κ3) is 2.95. The fourth-order valence-corrected chi connectivity index (χ4v) is 6.17. The molecule has 2 aromatic carbocycles. The minimum absolute atomic E-state index is 0.121. The number of nitrogen functional groups attached to an aromatic ring is 1. The van der Waals surface area contributed by atoms with Gasteiger partial charge in [0.2, 0.25) is 0 Å². The number of hydrogen-bond donors (Lipinski definition) is 1. The Morgan fingerprint density at radius 1 is 0.938 bits per heavy atom. The van der Waals surface area contributed by atoms with Crippen molar-refractivity contribution < 1.29 is 14.0 Å². The molecule has 3 fully saturated rings. The van der Waals surface area contributed by atoms with Crippen LogP contribution in [0.2, 0.25) is 0 Å². The van der Waals surface area contributed by atoms with Crippen molar-refractivity contribution in [3.63, 3.8) is 0 Å². The van der Waals surface area contributed by atoms with Crippen LogP contribution in [0.3, 0.4) is 0 Å². The molecule has 6 nitrogen and oxygen atoms in total. The summed E-state index contributed by atoms with van der Waals surface area (Å²) in [4.78, 5) is 0. The van der Waals surface area contributed by atoms with Gasteiger partial charge in [-0.25, -0.2) is 0 Å². The molecule has 3 aliphatic rings. The number of rotatable bonds is 3. The van der Waals surface area contributed by atoms with Gasteiger partial charge >= 0.3 is 7.12 Å². The molecule has 2 heterocycles. The molecule has 0 radical (unpaired) electrons. The smallest absolute Gasteiger partial charge is 0.494 e. The van der Waals surface area contributed by atoms with Crippen LogP contribution < -0.4 is 15.9 Å². The highest BCUT2D eigenvalue weighted by atomic mass is 16.7. The molecule has 32 heavy (non-hydrogen) atoms. The van der Waals surface area contributed by atoms with Gasteiger partial charge in [0.05, 0.1) is 35.7 Å². The number of benzene rings is 2. The van der Waals surface area contributed by atoms with E-state index in [0.717, 1.165) is 58.9 Å². The van der Waals surface area contributed by atoms with Gasteiger partial charge in [-0.05, 0) is 54.9 Å². The summed E-state index contributed by atoms with van der Waals surface area (Å²) in [6, 6.07) is 12.3. The van der Waals surface area contributed by atoms with Crippen molar-refractivity contribution in [2.45, 2.75) is 62.6 Å². The van der Waals surface area contributed by atoms with Gasteiger partial charge in [-0.1, -0.05) is 43.9 Å². The lowest BCUT2D eigenvalue weighted by atomic mass is 9.77. The van der Waals surface area contributed by atoms with Crippen molar-refractivity contribution in [2.24, 2.45) is 0 Å². The largest absolute Gasteiger partial charge is 0.496 e. The molecular formula is C25H28BN3O3. The highest BCUT2D eigenvalue weighted by Gasteiger charge is 2.63. The van der Waals surface area contributed by atoms with E-state index >= 15 is 0 Å². The van der Waals surface area contributed by atoms with E-state index in [1.165, 1.54) is 25.7 Å². The average Bonchev–Trinajstić information content (AvgIpc) is 3.56. The summed E-state index contributed by atoms with van der Waals surface area (Å²) >= 11 is 0. The second-order valence-electron chi connectivity index (χ2n) is 9.46. The van der Waals surface area contributed by atoms with E-state index in [1.54, 1.807) is 13.3 Å². The quantitative estimate of drug-likeness (QED) is 0.627. The van der Waals surface area contributed by atoms with Crippen molar-refractivity contribution in [3.05, 3.63) is 42.6 Å². The predicted octanol–water partition coefficient (Wildman–Crippen LogP) is 4.26.